The molecule has 0 atom stereocenters. The first-order valence-electron chi connectivity index (χ1n) is 11.0. The maximum atomic E-state index is 8.32. The molecule has 0 aliphatic heterocycles. The summed E-state index contributed by atoms with van der Waals surface area (Å²) in [6.07, 6.45) is 0.0824. The van der Waals surface area contributed by atoms with E-state index in [2.05, 4.69) is 95.7 Å². The van der Waals surface area contributed by atoms with Crippen LogP contribution in [-0.2, 0) is 0 Å². The second-order valence-corrected chi connectivity index (χ2v) is 21.1. The SMILES string of the molecule is [2H]c1nc(-c2cc(C(C)C)c3ccccc3c2)c2sc3c[c]([Ge]([CH3])([CH3])[CH3])ccc3c2n1. The van der Waals surface area contributed by atoms with E-state index in [-0.39, 0.29) is 6.30 Å². The van der Waals surface area contributed by atoms with Crippen molar-refractivity contribution in [2.45, 2.75) is 37.0 Å². The van der Waals surface area contributed by atoms with E-state index in [9.17, 15) is 0 Å². The number of aromatic nitrogens is 2. The van der Waals surface area contributed by atoms with Crippen LogP contribution in [0, 0.1) is 0 Å². The van der Waals surface area contributed by atoms with Crippen molar-refractivity contribution in [3.8, 4) is 11.3 Å². The summed E-state index contributed by atoms with van der Waals surface area (Å²) >= 11 is -0.164. The molecule has 0 radical (unpaired) electrons. The first kappa shape index (κ1) is 18.5. The Morgan fingerprint density at radius 2 is 1.73 bits per heavy atom. The van der Waals surface area contributed by atoms with Crippen molar-refractivity contribution in [2.24, 2.45) is 0 Å². The number of thiophene rings is 1. The van der Waals surface area contributed by atoms with Gasteiger partial charge in [0.15, 0.2) is 0 Å². The van der Waals surface area contributed by atoms with Crippen LogP contribution in [0.2, 0.25) is 17.3 Å². The zero-order valence-corrected chi connectivity index (χ0v) is 21.0. The molecule has 0 saturated carbocycles. The summed E-state index contributed by atoms with van der Waals surface area (Å²) < 4.78 is 12.1. The second-order valence-electron chi connectivity index (χ2n) is 9.35. The number of fused-ring (bicyclic) bond motifs is 4. The molecule has 0 unspecified atom stereocenters. The van der Waals surface area contributed by atoms with Crippen molar-refractivity contribution in [2.75, 3.05) is 0 Å². The summed E-state index contributed by atoms with van der Waals surface area (Å²) in [6.45, 7) is 4.46. The Hall–Kier alpha value is -2.24. The molecule has 30 heavy (non-hydrogen) atoms. The van der Waals surface area contributed by atoms with Crippen LogP contribution >= 0.6 is 11.3 Å². The summed E-state index contributed by atoms with van der Waals surface area (Å²) in [5, 5.41) is 3.64. The molecule has 0 aliphatic carbocycles. The molecule has 4 heteroatoms. The summed E-state index contributed by atoms with van der Waals surface area (Å²) in [5.41, 5.74) is 4.17. The van der Waals surface area contributed by atoms with Crippen LogP contribution in [0.25, 0.3) is 42.3 Å². The Balaban J connectivity index is 1.83. The number of nitrogens with zero attached hydrogens (tertiary/aromatic N) is 2. The molecule has 2 nitrogen and oxygen atoms in total. The maximum absolute atomic E-state index is 8.32. The molecule has 0 spiro atoms. The molecular weight excluding hydrogens is 445 g/mol. The molecule has 5 rings (SSSR count). The monoisotopic (exact) mass is 473 g/mol. The molecule has 0 saturated heterocycles. The topological polar surface area (TPSA) is 25.8 Å². The first-order valence-corrected chi connectivity index (χ1v) is 18.6. The predicted molar refractivity (Wildman–Crippen MR) is 135 cm³/mol. The van der Waals surface area contributed by atoms with Crippen LogP contribution in [0.3, 0.4) is 0 Å². The standard InChI is InChI=1S/C26H26GeN2S/c1-16(2)22-13-18(12-17-8-6-7-9-20(17)22)24-26-25(29-15-28-24)21-11-10-19(27(3,4)5)14-23(21)30-26/h6-16H,1-5H3/i15D. The van der Waals surface area contributed by atoms with Gasteiger partial charge in [0.25, 0.3) is 0 Å². The molecule has 0 amide bonds. The summed E-state index contributed by atoms with van der Waals surface area (Å²) in [7, 11) is 0. The van der Waals surface area contributed by atoms with Gasteiger partial charge in [-0.05, 0) is 0 Å². The second kappa shape index (κ2) is 7.17. The van der Waals surface area contributed by atoms with E-state index >= 15 is 0 Å². The number of benzene rings is 3. The Bertz CT molecular complexity index is 1460. The van der Waals surface area contributed by atoms with Gasteiger partial charge in [-0.15, -0.1) is 0 Å². The van der Waals surface area contributed by atoms with Gasteiger partial charge in [-0.25, -0.2) is 0 Å². The van der Waals surface area contributed by atoms with E-state index in [0.717, 1.165) is 26.9 Å². The summed E-state index contributed by atoms with van der Waals surface area (Å²) in [5.74, 6) is 7.67. The van der Waals surface area contributed by atoms with Crippen molar-refractivity contribution < 1.29 is 1.37 Å². The van der Waals surface area contributed by atoms with Gasteiger partial charge in [-0.3, -0.25) is 0 Å². The predicted octanol–water partition coefficient (Wildman–Crippen LogP) is 7.33. The molecule has 150 valence electrons. The van der Waals surface area contributed by atoms with Crippen LogP contribution in [-0.4, -0.2) is 23.2 Å². The van der Waals surface area contributed by atoms with Crippen LogP contribution in [0.5, 0.6) is 0 Å². The molecule has 0 aliphatic rings. The van der Waals surface area contributed by atoms with Crippen LogP contribution in [0.15, 0.2) is 60.9 Å². The summed E-state index contributed by atoms with van der Waals surface area (Å²) in [4.78, 5) is 9.17. The molecular formula is C26H26GeN2S. The third-order valence-corrected chi connectivity index (χ3v) is 11.3. The Kier molecular flexibility index (Phi) is 4.43. The fourth-order valence-electron chi connectivity index (χ4n) is 4.15. The van der Waals surface area contributed by atoms with E-state index in [1.165, 1.54) is 25.4 Å². The van der Waals surface area contributed by atoms with Crippen molar-refractivity contribution in [1.29, 1.82) is 0 Å². The number of hydrogen-bond acceptors (Lipinski definition) is 3. The Morgan fingerprint density at radius 3 is 2.50 bits per heavy atom. The third-order valence-electron chi connectivity index (χ3n) is 5.86. The van der Waals surface area contributed by atoms with E-state index in [1.807, 2.05) is 0 Å². The van der Waals surface area contributed by atoms with E-state index in [0.29, 0.717) is 5.92 Å². The van der Waals surface area contributed by atoms with Gasteiger partial charge < -0.3 is 0 Å². The molecule has 0 bridgehead atoms. The quantitative estimate of drug-likeness (QED) is 0.257. The van der Waals surface area contributed by atoms with Crippen LogP contribution in [0.1, 0.15) is 26.7 Å². The van der Waals surface area contributed by atoms with Gasteiger partial charge in [0.1, 0.15) is 0 Å². The fraction of sp³-hybridized carbons (Fsp3) is 0.231. The van der Waals surface area contributed by atoms with E-state index in [1.54, 1.807) is 11.3 Å². The van der Waals surface area contributed by atoms with Crippen molar-refractivity contribution in [3.05, 3.63) is 66.5 Å². The van der Waals surface area contributed by atoms with Gasteiger partial charge in [0.05, 0.1) is 0 Å². The van der Waals surface area contributed by atoms with E-state index in [4.69, 9.17) is 1.37 Å². The molecule has 2 aromatic heterocycles. The third kappa shape index (κ3) is 3.25. The molecule has 0 N–H and O–H groups in total. The van der Waals surface area contributed by atoms with Crippen molar-refractivity contribution in [3.63, 3.8) is 0 Å². The van der Waals surface area contributed by atoms with Gasteiger partial charge in [0, 0.05) is 0 Å². The molecule has 0 fully saturated rings. The zero-order valence-electron chi connectivity index (χ0n) is 19.1. The van der Waals surface area contributed by atoms with Gasteiger partial charge in [-0.1, -0.05) is 0 Å². The zero-order chi connectivity index (χ0) is 21.9. The van der Waals surface area contributed by atoms with Gasteiger partial charge >= 0.3 is 186 Å². The molecule has 5 aromatic rings. The number of hydrogen-bond donors (Lipinski definition) is 0. The van der Waals surface area contributed by atoms with Gasteiger partial charge in [-0.2, -0.15) is 0 Å². The minimum absolute atomic E-state index is 0.0824. The summed E-state index contributed by atoms with van der Waals surface area (Å²) in [6, 6.07) is 19.8. The molecule has 3 aromatic carbocycles. The van der Waals surface area contributed by atoms with Gasteiger partial charge in [0.2, 0.25) is 0 Å². The Morgan fingerprint density at radius 1 is 0.933 bits per heavy atom. The van der Waals surface area contributed by atoms with Crippen molar-refractivity contribution in [1.82, 2.24) is 9.97 Å². The average molecular weight is 472 g/mol. The first-order chi connectivity index (χ1) is 14.7. The molecule has 2 heterocycles. The van der Waals surface area contributed by atoms with Crippen LogP contribution < -0.4 is 4.40 Å². The minimum atomic E-state index is -1.93. The van der Waals surface area contributed by atoms with E-state index < -0.39 is 13.3 Å². The fourth-order valence-corrected chi connectivity index (χ4v) is 7.99. The van der Waals surface area contributed by atoms with Crippen LogP contribution in [0.4, 0.5) is 0 Å². The number of rotatable bonds is 3. The normalized spacial score (nSPS) is 12.9. The average Bonchev–Trinajstić information content (AvgIpc) is 3.09. The Labute approximate surface area is 185 Å². The van der Waals surface area contributed by atoms with Crippen molar-refractivity contribution >= 4 is 60.1 Å².